The summed E-state index contributed by atoms with van der Waals surface area (Å²) in [6, 6.07) is 13.2. The van der Waals surface area contributed by atoms with Crippen LogP contribution in [0.5, 0.6) is 0 Å². The molecular weight excluding hydrogens is 274 g/mol. The normalized spacial score (nSPS) is 10.8. The lowest BCUT2D eigenvalue weighted by Crippen LogP contribution is -2.25. The minimum Gasteiger partial charge on any atom is -0.267 e. The monoisotopic (exact) mass is 291 g/mol. The smallest absolute Gasteiger partial charge is 0.267 e. The molecule has 3 aromatic rings. The van der Waals surface area contributed by atoms with E-state index in [1.54, 1.807) is 6.20 Å². The van der Waals surface area contributed by atoms with Crippen molar-refractivity contribution in [3.63, 3.8) is 0 Å². The van der Waals surface area contributed by atoms with E-state index >= 15 is 0 Å². The number of aryl methyl sites for hydroxylation is 1. The van der Waals surface area contributed by atoms with E-state index in [9.17, 15) is 4.79 Å². The molecule has 0 atom stereocenters. The summed E-state index contributed by atoms with van der Waals surface area (Å²) in [6.07, 6.45) is 2.49. The van der Waals surface area contributed by atoms with E-state index in [0.717, 1.165) is 28.8 Å². The number of benzene rings is 1. The summed E-state index contributed by atoms with van der Waals surface area (Å²) in [5, 5.41) is 6.12. The summed E-state index contributed by atoms with van der Waals surface area (Å²) in [4.78, 5) is 16.9. The topological polar surface area (TPSA) is 47.8 Å². The van der Waals surface area contributed by atoms with Crippen molar-refractivity contribution in [2.24, 2.45) is 0 Å². The van der Waals surface area contributed by atoms with E-state index in [-0.39, 0.29) is 5.56 Å². The van der Waals surface area contributed by atoms with Gasteiger partial charge >= 0.3 is 0 Å². The fraction of sp³-hybridized carbons (Fsp3) is 0.167. The third kappa shape index (κ3) is 2.55. The molecule has 0 aliphatic carbocycles. The van der Waals surface area contributed by atoms with Crippen LogP contribution in [0.4, 0.5) is 0 Å². The van der Waals surface area contributed by atoms with E-state index in [4.69, 9.17) is 0 Å². The molecule has 0 aliphatic heterocycles. The fourth-order valence-electron chi connectivity index (χ4n) is 2.51. The molecule has 4 nitrogen and oxygen atoms in total. The van der Waals surface area contributed by atoms with Crippen molar-refractivity contribution in [3.05, 3.63) is 77.0 Å². The summed E-state index contributed by atoms with van der Waals surface area (Å²) in [5.74, 6) is 0. The van der Waals surface area contributed by atoms with Gasteiger partial charge in [-0.25, -0.2) is 4.68 Å². The van der Waals surface area contributed by atoms with Crippen molar-refractivity contribution in [1.82, 2.24) is 14.8 Å². The Morgan fingerprint density at radius 1 is 1.14 bits per heavy atom. The van der Waals surface area contributed by atoms with E-state index in [0.29, 0.717) is 11.9 Å². The van der Waals surface area contributed by atoms with Crippen LogP contribution in [0.25, 0.3) is 16.3 Å². The van der Waals surface area contributed by atoms with Gasteiger partial charge in [0.15, 0.2) is 0 Å². The van der Waals surface area contributed by atoms with Gasteiger partial charge in [-0.15, -0.1) is 0 Å². The van der Waals surface area contributed by atoms with Crippen LogP contribution in [0.1, 0.15) is 18.3 Å². The first-order valence-electron chi connectivity index (χ1n) is 7.28. The van der Waals surface area contributed by atoms with Gasteiger partial charge in [-0.2, -0.15) is 5.10 Å². The van der Waals surface area contributed by atoms with Crippen LogP contribution >= 0.6 is 0 Å². The van der Waals surface area contributed by atoms with Crippen molar-refractivity contribution in [2.75, 3.05) is 0 Å². The van der Waals surface area contributed by atoms with Gasteiger partial charge in [0.05, 0.1) is 23.3 Å². The summed E-state index contributed by atoms with van der Waals surface area (Å²) in [7, 11) is 0. The van der Waals surface area contributed by atoms with Crippen LogP contribution < -0.4 is 5.56 Å². The number of fused-ring (bicyclic) bond motifs is 1. The van der Waals surface area contributed by atoms with Gasteiger partial charge in [0.2, 0.25) is 0 Å². The molecule has 4 heteroatoms. The van der Waals surface area contributed by atoms with Crippen molar-refractivity contribution in [3.8, 4) is 0 Å². The SMILES string of the molecule is C=C(Cn1nc(CC)c2ccccc2c1=O)c1ccccn1. The molecule has 110 valence electrons. The second-order valence-corrected chi connectivity index (χ2v) is 5.13. The molecule has 0 spiro atoms. The van der Waals surface area contributed by atoms with Gasteiger partial charge in [0, 0.05) is 11.6 Å². The highest BCUT2D eigenvalue weighted by molar-refractivity contribution is 5.83. The highest BCUT2D eigenvalue weighted by Crippen LogP contribution is 2.15. The summed E-state index contributed by atoms with van der Waals surface area (Å²) < 4.78 is 1.48. The van der Waals surface area contributed by atoms with Crippen molar-refractivity contribution in [1.29, 1.82) is 0 Å². The maximum absolute atomic E-state index is 12.6. The Bertz CT molecular complexity index is 882. The van der Waals surface area contributed by atoms with Crippen molar-refractivity contribution < 1.29 is 0 Å². The Morgan fingerprint density at radius 2 is 1.86 bits per heavy atom. The Morgan fingerprint density at radius 3 is 2.55 bits per heavy atom. The zero-order valence-electron chi connectivity index (χ0n) is 12.5. The Balaban J connectivity index is 2.06. The minimum atomic E-state index is -0.0927. The van der Waals surface area contributed by atoms with Crippen LogP contribution in [0.15, 0.2) is 60.0 Å². The summed E-state index contributed by atoms with van der Waals surface area (Å²) >= 11 is 0. The van der Waals surface area contributed by atoms with E-state index in [2.05, 4.69) is 16.7 Å². The predicted molar refractivity (Wildman–Crippen MR) is 88.7 cm³/mol. The molecule has 0 amide bonds. The highest BCUT2D eigenvalue weighted by atomic mass is 16.1. The fourth-order valence-corrected chi connectivity index (χ4v) is 2.51. The van der Waals surface area contributed by atoms with E-state index in [1.165, 1.54) is 4.68 Å². The Labute approximate surface area is 128 Å². The maximum Gasteiger partial charge on any atom is 0.274 e. The minimum absolute atomic E-state index is 0.0927. The molecule has 0 unspecified atom stereocenters. The molecule has 0 saturated heterocycles. The molecule has 1 aromatic carbocycles. The number of pyridine rings is 1. The van der Waals surface area contributed by atoms with E-state index < -0.39 is 0 Å². The van der Waals surface area contributed by atoms with Crippen LogP contribution in [0, 0.1) is 0 Å². The van der Waals surface area contributed by atoms with Crippen molar-refractivity contribution >= 4 is 16.3 Å². The summed E-state index contributed by atoms with van der Waals surface area (Å²) in [6.45, 7) is 6.41. The van der Waals surface area contributed by atoms with Crippen LogP contribution in [-0.2, 0) is 13.0 Å². The first-order valence-corrected chi connectivity index (χ1v) is 7.28. The molecule has 0 bridgehead atoms. The van der Waals surface area contributed by atoms with Crippen molar-refractivity contribution in [2.45, 2.75) is 19.9 Å². The maximum atomic E-state index is 12.6. The number of aromatic nitrogens is 3. The van der Waals surface area contributed by atoms with Crippen LogP contribution in [0.3, 0.4) is 0 Å². The van der Waals surface area contributed by atoms with Gasteiger partial charge in [-0.3, -0.25) is 9.78 Å². The van der Waals surface area contributed by atoms with Crippen LogP contribution in [0.2, 0.25) is 0 Å². The third-order valence-electron chi connectivity index (χ3n) is 3.65. The Kier molecular flexibility index (Phi) is 3.83. The Hall–Kier alpha value is -2.75. The predicted octanol–water partition coefficient (Wildman–Crippen LogP) is 3.07. The number of allylic oxidation sites excluding steroid dienone is 1. The number of hydrogen-bond donors (Lipinski definition) is 0. The average molecular weight is 291 g/mol. The molecule has 0 fully saturated rings. The average Bonchev–Trinajstić information content (AvgIpc) is 2.58. The van der Waals surface area contributed by atoms with Gasteiger partial charge in [-0.1, -0.05) is 37.8 Å². The number of rotatable bonds is 4. The molecule has 22 heavy (non-hydrogen) atoms. The standard InChI is InChI=1S/C18H17N3O/c1-3-16-14-8-4-5-9-15(14)18(22)21(20-16)12-13(2)17-10-6-7-11-19-17/h4-11H,2-3,12H2,1H3. The first kappa shape index (κ1) is 14.2. The summed E-state index contributed by atoms with van der Waals surface area (Å²) in [5.41, 5.74) is 2.38. The van der Waals surface area contributed by atoms with Gasteiger partial charge in [-0.05, 0) is 30.2 Å². The van der Waals surface area contributed by atoms with Gasteiger partial charge in [0.1, 0.15) is 0 Å². The first-order chi connectivity index (χ1) is 10.7. The molecule has 0 saturated carbocycles. The van der Waals surface area contributed by atoms with Gasteiger partial charge in [0.25, 0.3) is 5.56 Å². The molecule has 0 aliphatic rings. The zero-order chi connectivity index (χ0) is 15.5. The molecule has 2 heterocycles. The number of hydrogen-bond acceptors (Lipinski definition) is 3. The molecule has 3 rings (SSSR count). The zero-order valence-corrected chi connectivity index (χ0v) is 12.5. The highest BCUT2D eigenvalue weighted by Gasteiger charge is 2.10. The lowest BCUT2D eigenvalue weighted by molar-refractivity contribution is 0.650. The second-order valence-electron chi connectivity index (χ2n) is 5.13. The quantitative estimate of drug-likeness (QED) is 0.742. The largest absolute Gasteiger partial charge is 0.274 e. The molecule has 2 aromatic heterocycles. The lowest BCUT2D eigenvalue weighted by Gasteiger charge is -2.11. The molecule has 0 N–H and O–H groups in total. The lowest BCUT2D eigenvalue weighted by atomic mass is 10.1. The molecular formula is C18H17N3O. The third-order valence-corrected chi connectivity index (χ3v) is 3.65. The van der Waals surface area contributed by atoms with Gasteiger partial charge < -0.3 is 0 Å². The number of nitrogens with zero attached hydrogens (tertiary/aromatic N) is 3. The van der Waals surface area contributed by atoms with Crippen LogP contribution in [-0.4, -0.2) is 14.8 Å². The molecule has 0 radical (unpaired) electrons. The van der Waals surface area contributed by atoms with E-state index in [1.807, 2.05) is 49.4 Å². The second kappa shape index (κ2) is 5.93.